The smallest absolute Gasteiger partial charge is 0.162 e. The number of hydrogen-bond donors (Lipinski definition) is 2. The molecule has 3 aromatic rings. The quantitative estimate of drug-likeness (QED) is 0.498. The number of nitrogens with zero attached hydrogens (tertiary/aromatic N) is 2. The Morgan fingerprint density at radius 3 is 2.45 bits per heavy atom. The third-order valence-electron chi connectivity index (χ3n) is 4.59. The molecule has 7 heteroatoms. The summed E-state index contributed by atoms with van der Waals surface area (Å²) in [5, 5.41) is 18.7. The van der Waals surface area contributed by atoms with Crippen LogP contribution in [0.15, 0.2) is 64.4 Å². The van der Waals surface area contributed by atoms with Crippen molar-refractivity contribution in [3.63, 3.8) is 0 Å². The third-order valence-corrected chi connectivity index (χ3v) is 6.97. The van der Waals surface area contributed by atoms with Crippen molar-refractivity contribution in [2.45, 2.75) is 4.90 Å². The monoisotopic (exact) mass is 423 g/mol. The minimum atomic E-state index is -0.496. The lowest BCUT2D eigenvalue weighted by Crippen LogP contribution is -1.99. The molecule has 0 saturated heterocycles. The summed E-state index contributed by atoms with van der Waals surface area (Å²) in [5.41, 5.74) is 2.56. The highest BCUT2D eigenvalue weighted by Gasteiger charge is 2.15. The van der Waals surface area contributed by atoms with Crippen LogP contribution in [0.2, 0.25) is 5.02 Å². The van der Waals surface area contributed by atoms with Crippen LogP contribution in [0.4, 0.5) is 11.4 Å². The number of thiol groups is 1. The molecule has 1 aliphatic rings. The number of anilines is 2. The number of pyridine rings is 1. The first-order chi connectivity index (χ1) is 14.1. The van der Waals surface area contributed by atoms with E-state index in [9.17, 15) is 5.26 Å². The number of benzene rings is 2. The highest BCUT2D eigenvalue weighted by Crippen LogP contribution is 2.46. The summed E-state index contributed by atoms with van der Waals surface area (Å²) in [4.78, 5) is 5.49. The van der Waals surface area contributed by atoms with Crippen molar-refractivity contribution < 1.29 is 9.47 Å². The highest BCUT2D eigenvalue weighted by atomic mass is 35.5. The van der Waals surface area contributed by atoms with Gasteiger partial charge in [0, 0.05) is 28.2 Å². The maximum absolute atomic E-state index is 9.60. The zero-order valence-electron chi connectivity index (χ0n) is 15.8. The minimum Gasteiger partial charge on any atom is -0.493 e. The van der Waals surface area contributed by atoms with E-state index in [1.54, 1.807) is 26.5 Å². The van der Waals surface area contributed by atoms with E-state index >= 15 is 0 Å². The van der Waals surface area contributed by atoms with Crippen LogP contribution in [0, 0.1) is 11.3 Å². The predicted octanol–water partition coefficient (Wildman–Crippen LogP) is 5.92. The largest absolute Gasteiger partial charge is 0.493 e. The average molecular weight is 424 g/mol. The number of nitriles is 1. The van der Waals surface area contributed by atoms with Gasteiger partial charge in [-0.15, -0.1) is 0 Å². The fourth-order valence-electron chi connectivity index (χ4n) is 3.17. The van der Waals surface area contributed by atoms with Crippen LogP contribution in [0.1, 0.15) is 5.56 Å². The fourth-order valence-corrected chi connectivity index (χ4v) is 5.19. The number of ether oxygens (including phenoxy) is 2. The lowest BCUT2D eigenvalue weighted by molar-refractivity contribution is 0.356. The van der Waals surface area contributed by atoms with Gasteiger partial charge in [-0.05, 0) is 35.1 Å². The molecule has 0 amide bonds. The van der Waals surface area contributed by atoms with Gasteiger partial charge in [0.2, 0.25) is 0 Å². The molecule has 0 radical (unpaired) electrons. The second kappa shape index (κ2) is 8.08. The number of aromatic nitrogens is 1. The molecule has 0 atom stereocenters. The second-order valence-electron chi connectivity index (χ2n) is 6.26. The molecular weight excluding hydrogens is 406 g/mol. The lowest BCUT2D eigenvalue weighted by Gasteiger charge is -2.16. The van der Waals surface area contributed by atoms with Crippen molar-refractivity contribution in [1.29, 1.82) is 5.26 Å². The summed E-state index contributed by atoms with van der Waals surface area (Å²) < 4.78 is 10.8. The van der Waals surface area contributed by atoms with Crippen molar-refractivity contribution in [2.75, 3.05) is 19.5 Å². The first-order valence-corrected chi connectivity index (χ1v) is 10.6. The summed E-state index contributed by atoms with van der Waals surface area (Å²) in [6.07, 6.45) is 5.63. The first kappa shape index (κ1) is 19.2. The molecule has 0 bridgehead atoms. The molecule has 2 aromatic carbocycles. The van der Waals surface area contributed by atoms with Crippen LogP contribution in [0.25, 0.3) is 10.9 Å². The maximum Gasteiger partial charge on any atom is 0.162 e. The van der Waals surface area contributed by atoms with Gasteiger partial charge in [-0.25, -0.2) is 0 Å². The van der Waals surface area contributed by atoms with Gasteiger partial charge in [-0.2, -0.15) is 16.2 Å². The summed E-state index contributed by atoms with van der Waals surface area (Å²) in [6.45, 7) is 0. The van der Waals surface area contributed by atoms with Crippen LogP contribution in [-0.2, 0) is 0 Å². The van der Waals surface area contributed by atoms with E-state index in [0.717, 1.165) is 16.0 Å². The van der Waals surface area contributed by atoms with Crippen molar-refractivity contribution in [3.05, 3.63) is 70.1 Å². The van der Waals surface area contributed by atoms with Gasteiger partial charge >= 0.3 is 0 Å². The Morgan fingerprint density at radius 2 is 1.79 bits per heavy atom. The molecule has 0 unspecified atom stereocenters. The van der Waals surface area contributed by atoms with Crippen molar-refractivity contribution in [3.8, 4) is 17.6 Å². The number of hydrogen-bond acceptors (Lipinski definition) is 5. The van der Waals surface area contributed by atoms with Crippen LogP contribution in [0.5, 0.6) is 11.5 Å². The maximum atomic E-state index is 9.60. The van der Waals surface area contributed by atoms with Gasteiger partial charge in [-0.3, -0.25) is 4.98 Å². The van der Waals surface area contributed by atoms with Crippen molar-refractivity contribution >= 4 is 44.8 Å². The summed E-state index contributed by atoms with van der Waals surface area (Å²) in [7, 11) is 2.65. The molecule has 0 saturated carbocycles. The number of halogens is 1. The number of nitrogens with one attached hydrogen (secondary N) is 1. The van der Waals surface area contributed by atoms with Gasteiger partial charge < -0.3 is 14.8 Å². The van der Waals surface area contributed by atoms with E-state index < -0.39 is 10.9 Å². The Balaban J connectivity index is 1.79. The molecule has 1 aromatic heterocycles. The lowest BCUT2D eigenvalue weighted by atomic mass is 10.1. The third kappa shape index (κ3) is 3.63. The summed E-state index contributed by atoms with van der Waals surface area (Å²) >= 11 is 6.55. The van der Waals surface area contributed by atoms with Gasteiger partial charge in [0.1, 0.15) is 6.07 Å². The second-order valence-corrected chi connectivity index (χ2v) is 8.56. The van der Waals surface area contributed by atoms with Crippen LogP contribution in [-0.4, -0.2) is 19.2 Å². The van der Waals surface area contributed by atoms with Crippen LogP contribution < -0.4 is 14.8 Å². The van der Waals surface area contributed by atoms with Gasteiger partial charge in [0.05, 0.1) is 36.0 Å². The van der Waals surface area contributed by atoms with Crippen LogP contribution >= 0.6 is 22.5 Å². The zero-order valence-corrected chi connectivity index (χ0v) is 17.5. The van der Waals surface area contributed by atoms with E-state index in [-0.39, 0.29) is 0 Å². The first-order valence-electron chi connectivity index (χ1n) is 8.79. The fraction of sp³-hybridized carbons (Fsp3) is 0.0909. The normalized spacial score (nSPS) is 13.5. The van der Waals surface area contributed by atoms with Crippen LogP contribution in [0.3, 0.4) is 0 Å². The molecule has 2 heterocycles. The molecule has 29 heavy (non-hydrogen) atoms. The van der Waals surface area contributed by atoms with Gasteiger partial charge in [0.25, 0.3) is 0 Å². The van der Waals surface area contributed by atoms with E-state index in [1.165, 1.54) is 0 Å². The molecular formula is C22H18ClN3O2S. The minimum absolute atomic E-state index is 0.427. The average Bonchev–Trinajstić information content (AvgIpc) is 3.27. The summed E-state index contributed by atoms with van der Waals surface area (Å²) in [5.74, 6) is 1.14. The predicted molar refractivity (Wildman–Crippen MR) is 120 cm³/mol. The molecule has 5 nitrogen and oxygen atoms in total. The Bertz CT molecular complexity index is 1190. The molecule has 0 spiro atoms. The Morgan fingerprint density at radius 1 is 1.07 bits per heavy atom. The van der Waals surface area contributed by atoms with Gasteiger partial charge in [0.15, 0.2) is 11.5 Å². The van der Waals surface area contributed by atoms with Crippen molar-refractivity contribution in [2.24, 2.45) is 0 Å². The standard InChI is InChI=1S/C22H18ClN3O2S/c1-27-19-10-16-18(11-20(19)28-2)25-13-14(12-24)22(16)26-15-5-6-21(17(23)9-15)29-7-3-4-8-29/h3-11,13,29H,1-2H3,(H,25,26). The van der Waals surface area contributed by atoms with E-state index in [0.29, 0.717) is 33.3 Å². The van der Waals surface area contributed by atoms with Gasteiger partial charge in [-0.1, -0.05) is 23.8 Å². The number of fused-ring (bicyclic) bond motifs is 1. The molecule has 4 rings (SSSR count). The molecule has 146 valence electrons. The highest BCUT2D eigenvalue weighted by molar-refractivity contribution is 8.22. The number of methoxy groups -OCH3 is 2. The Hall–Kier alpha value is -3.14. The number of rotatable bonds is 5. The number of allylic oxidation sites excluding steroid dienone is 2. The SMILES string of the molecule is COc1cc2ncc(C#N)c(Nc3ccc([SH]4C=CC=C4)c(Cl)c3)c2cc1OC. The van der Waals surface area contributed by atoms with E-state index in [2.05, 4.69) is 27.2 Å². The summed E-state index contributed by atoms with van der Waals surface area (Å²) in [6, 6.07) is 11.7. The Labute approximate surface area is 176 Å². The van der Waals surface area contributed by atoms with E-state index in [4.69, 9.17) is 21.1 Å². The molecule has 0 aliphatic carbocycles. The molecule has 0 fully saturated rings. The Kier molecular flexibility index (Phi) is 5.34. The molecule has 1 N–H and O–H groups in total. The van der Waals surface area contributed by atoms with Crippen molar-refractivity contribution in [1.82, 2.24) is 4.98 Å². The van der Waals surface area contributed by atoms with E-state index in [1.807, 2.05) is 36.4 Å². The molecule has 1 aliphatic heterocycles. The zero-order chi connectivity index (χ0) is 20.4. The topological polar surface area (TPSA) is 67.2 Å².